The van der Waals surface area contributed by atoms with Crippen molar-refractivity contribution >= 4 is 6.03 Å². The van der Waals surface area contributed by atoms with Crippen molar-refractivity contribution in [2.75, 3.05) is 7.11 Å². The highest BCUT2D eigenvalue weighted by Crippen LogP contribution is 2.22. The topological polar surface area (TPSA) is 94.0 Å². The molecule has 3 rings (SSSR count). The Bertz CT molecular complexity index is 865. The maximum Gasteiger partial charge on any atom is 0.315 e. The number of ether oxygens (including phenoxy) is 1. The summed E-state index contributed by atoms with van der Waals surface area (Å²) in [6.45, 7) is 2.13. The number of rotatable bonds is 6. The molecule has 0 bridgehead atoms. The Morgan fingerprint density at radius 2 is 2.08 bits per heavy atom. The first-order chi connectivity index (χ1) is 12.7. The van der Waals surface area contributed by atoms with E-state index in [0.29, 0.717) is 11.6 Å². The number of nitrogens with zero attached hydrogens (tertiary/aromatic N) is 4. The highest BCUT2D eigenvalue weighted by Gasteiger charge is 2.14. The largest absolute Gasteiger partial charge is 0.495 e. The number of hydrogen-bond acceptors (Lipinski definition) is 5. The summed E-state index contributed by atoms with van der Waals surface area (Å²) in [5.74, 6) is 1.27. The molecule has 0 saturated heterocycles. The lowest BCUT2D eigenvalue weighted by Crippen LogP contribution is -2.37. The molecule has 1 unspecified atom stereocenters. The van der Waals surface area contributed by atoms with Gasteiger partial charge in [-0.25, -0.2) is 14.5 Å². The average Bonchev–Trinajstić information content (AvgIpc) is 3.15. The van der Waals surface area contributed by atoms with E-state index in [1.807, 2.05) is 43.3 Å². The lowest BCUT2D eigenvalue weighted by atomic mass is 10.1. The van der Waals surface area contributed by atoms with Gasteiger partial charge in [0.25, 0.3) is 0 Å². The van der Waals surface area contributed by atoms with Crippen LogP contribution >= 0.6 is 0 Å². The number of pyridine rings is 1. The number of aromatic nitrogens is 4. The number of methoxy groups -OCH3 is 1. The zero-order valence-corrected chi connectivity index (χ0v) is 14.6. The van der Waals surface area contributed by atoms with E-state index in [4.69, 9.17) is 4.74 Å². The summed E-state index contributed by atoms with van der Waals surface area (Å²) in [5, 5.41) is 9.89. The van der Waals surface area contributed by atoms with Crippen LogP contribution in [0.15, 0.2) is 55.1 Å². The lowest BCUT2D eigenvalue weighted by Gasteiger charge is -2.17. The van der Waals surface area contributed by atoms with Crippen LogP contribution in [0.5, 0.6) is 5.75 Å². The number of nitrogens with one attached hydrogen (secondary N) is 2. The Balaban J connectivity index is 1.61. The van der Waals surface area contributed by atoms with Crippen LogP contribution in [0.3, 0.4) is 0 Å². The van der Waals surface area contributed by atoms with Gasteiger partial charge in [0, 0.05) is 11.8 Å². The van der Waals surface area contributed by atoms with Crippen LogP contribution in [0.25, 0.3) is 5.69 Å². The molecule has 1 aromatic carbocycles. The molecule has 2 aromatic heterocycles. The van der Waals surface area contributed by atoms with Crippen molar-refractivity contribution in [1.29, 1.82) is 0 Å². The van der Waals surface area contributed by atoms with Crippen molar-refractivity contribution in [3.05, 3.63) is 66.5 Å². The van der Waals surface area contributed by atoms with Gasteiger partial charge in [0.2, 0.25) is 0 Å². The van der Waals surface area contributed by atoms with Crippen LogP contribution in [-0.2, 0) is 6.54 Å². The third kappa shape index (κ3) is 3.97. The molecule has 0 spiro atoms. The minimum atomic E-state index is -0.307. The number of carbonyl (C=O) groups excluding carboxylic acids is 1. The molecule has 0 aliphatic heterocycles. The molecule has 26 heavy (non-hydrogen) atoms. The summed E-state index contributed by atoms with van der Waals surface area (Å²) >= 11 is 0. The molecule has 8 nitrogen and oxygen atoms in total. The number of benzene rings is 1. The van der Waals surface area contributed by atoms with E-state index >= 15 is 0 Å². The van der Waals surface area contributed by atoms with Crippen LogP contribution in [0.2, 0.25) is 0 Å². The van der Waals surface area contributed by atoms with Gasteiger partial charge in [-0.15, -0.1) is 0 Å². The maximum absolute atomic E-state index is 12.2. The number of urea groups is 1. The number of carbonyl (C=O) groups is 1. The quantitative estimate of drug-likeness (QED) is 0.709. The van der Waals surface area contributed by atoms with Gasteiger partial charge in [0.05, 0.1) is 31.6 Å². The second kappa shape index (κ2) is 8.11. The fourth-order valence-corrected chi connectivity index (χ4v) is 2.57. The van der Waals surface area contributed by atoms with Crippen molar-refractivity contribution in [2.45, 2.75) is 19.5 Å². The Morgan fingerprint density at radius 1 is 1.27 bits per heavy atom. The molecule has 0 aliphatic rings. The van der Waals surface area contributed by atoms with Gasteiger partial charge < -0.3 is 15.4 Å². The van der Waals surface area contributed by atoms with Crippen molar-refractivity contribution < 1.29 is 9.53 Å². The third-order valence-corrected chi connectivity index (χ3v) is 3.88. The molecule has 2 N–H and O–H groups in total. The van der Waals surface area contributed by atoms with E-state index in [1.165, 1.54) is 6.33 Å². The molecule has 134 valence electrons. The summed E-state index contributed by atoms with van der Waals surface area (Å²) in [6, 6.07) is 10.9. The maximum atomic E-state index is 12.2. The summed E-state index contributed by atoms with van der Waals surface area (Å²) < 4.78 is 6.97. The van der Waals surface area contributed by atoms with E-state index in [1.54, 1.807) is 24.2 Å². The zero-order valence-electron chi connectivity index (χ0n) is 14.6. The SMILES string of the molecule is COc1cnccc1C(C)NC(=O)NCc1ncnn1-c1ccccc1. The Hall–Kier alpha value is -3.42. The smallest absolute Gasteiger partial charge is 0.315 e. The predicted octanol–water partition coefficient (Wildman–Crippen LogP) is 2.23. The van der Waals surface area contributed by atoms with Gasteiger partial charge in [-0.3, -0.25) is 4.98 Å². The second-order valence-electron chi connectivity index (χ2n) is 5.59. The van der Waals surface area contributed by atoms with Gasteiger partial charge in [0.1, 0.15) is 12.1 Å². The van der Waals surface area contributed by atoms with Gasteiger partial charge >= 0.3 is 6.03 Å². The normalized spacial score (nSPS) is 11.6. The van der Waals surface area contributed by atoms with Crippen LogP contribution < -0.4 is 15.4 Å². The van der Waals surface area contributed by atoms with Gasteiger partial charge in [0.15, 0.2) is 5.82 Å². The first kappa shape index (κ1) is 17.4. The van der Waals surface area contributed by atoms with E-state index in [-0.39, 0.29) is 18.6 Å². The van der Waals surface area contributed by atoms with Crippen molar-refractivity contribution in [1.82, 2.24) is 30.4 Å². The Morgan fingerprint density at radius 3 is 2.85 bits per heavy atom. The standard InChI is InChI=1S/C18H20N6O2/c1-13(15-8-9-19-10-16(15)26-2)23-18(25)20-11-17-21-12-22-24(17)14-6-4-3-5-7-14/h3-10,12-13H,11H2,1-2H3,(H2,20,23,25). The number of para-hydroxylation sites is 1. The predicted molar refractivity (Wildman–Crippen MR) is 95.9 cm³/mol. The second-order valence-corrected chi connectivity index (χ2v) is 5.59. The summed E-state index contributed by atoms with van der Waals surface area (Å²) in [5.41, 5.74) is 1.74. The van der Waals surface area contributed by atoms with Gasteiger partial charge in [-0.2, -0.15) is 5.10 Å². The number of hydrogen-bond donors (Lipinski definition) is 2. The molecule has 2 heterocycles. The molecule has 1 atom stereocenters. The molecule has 0 saturated carbocycles. The minimum absolute atomic E-state index is 0.236. The monoisotopic (exact) mass is 352 g/mol. The molecule has 8 heteroatoms. The summed E-state index contributed by atoms with van der Waals surface area (Å²) in [7, 11) is 1.57. The third-order valence-electron chi connectivity index (χ3n) is 3.88. The molecule has 0 radical (unpaired) electrons. The molecule has 0 fully saturated rings. The minimum Gasteiger partial charge on any atom is -0.495 e. The van der Waals surface area contributed by atoms with Crippen molar-refractivity contribution in [3.8, 4) is 11.4 Å². The van der Waals surface area contributed by atoms with Crippen molar-refractivity contribution in [2.24, 2.45) is 0 Å². The number of amides is 2. The zero-order chi connectivity index (χ0) is 18.4. The van der Waals surface area contributed by atoms with Crippen molar-refractivity contribution in [3.63, 3.8) is 0 Å². The summed E-state index contributed by atoms with van der Waals surface area (Å²) in [6.07, 6.45) is 4.75. The fraction of sp³-hybridized carbons (Fsp3) is 0.222. The lowest BCUT2D eigenvalue weighted by molar-refractivity contribution is 0.237. The first-order valence-electron chi connectivity index (χ1n) is 8.15. The fourth-order valence-electron chi connectivity index (χ4n) is 2.57. The van der Waals surface area contributed by atoms with Gasteiger partial charge in [-0.1, -0.05) is 18.2 Å². The van der Waals surface area contributed by atoms with Crippen LogP contribution in [0, 0.1) is 0 Å². The van der Waals surface area contributed by atoms with Gasteiger partial charge in [-0.05, 0) is 25.1 Å². The molecular formula is C18H20N6O2. The molecular weight excluding hydrogens is 332 g/mol. The molecule has 0 aliphatic carbocycles. The van der Waals surface area contributed by atoms with Crippen LogP contribution in [0.4, 0.5) is 4.79 Å². The molecule has 2 amide bonds. The average molecular weight is 352 g/mol. The highest BCUT2D eigenvalue weighted by atomic mass is 16.5. The van der Waals surface area contributed by atoms with E-state index in [9.17, 15) is 4.79 Å². The van der Waals surface area contributed by atoms with E-state index in [0.717, 1.165) is 11.3 Å². The molecule has 3 aromatic rings. The van der Waals surface area contributed by atoms with E-state index in [2.05, 4.69) is 25.7 Å². The Kier molecular flexibility index (Phi) is 5.43. The summed E-state index contributed by atoms with van der Waals surface area (Å²) in [4.78, 5) is 20.5. The van der Waals surface area contributed by atoms with Crippen LogP contribution in [-0.4, -0.2) is 32.9 Å². The van der Waals surface area contributed by atoms with Crippen LogP contribution in [0.1, 0.15) is 24.4 Å². The van der Waals surface area contributed by atoms with E-state index < -0.39 is 0 Å². The Labute approximate surface area is 151 Å². The first-order valence-corrected chi connectivity index (χ1v) is 8.15. The highest BCUT2D eigenvalue weighted by molar-refractivity contribution is 5.74.